The molecule has 4 atom stereocenters. The standard InChI is InChI=1S/C30H23ClN2O7/c1-16-13-19-14-22(16)26-25(19)28(34)32(29(26)35)20-9-7-18(8-10-20)30(36)39-15-17-5-11-21(12-6-17)40-27-23(31)3-2-4-24(27)33(37)38/h2-13,19,22,25-26H,14-15H2,1H3/t19-,22-,25+,26+/m0/s1. The van der Waals surface area contributed by atoms with E-state index in [1.807, 2.05) is 6.92 Å². The van der Waals surface area contributed by atoms with Gasteiger partial charge in [0.25, 0.3) is 0 Å². The van der Waals surface area contributed by atoms with Crippen molar-refractivity contribution >= 4 is 40.8 Å². The number of allylic oxidation sites excluding steroid dienone is 2. The van der Waals surface area contributed by atoms with E-state index in [0.29, 0.717) is 17.0 Å². The largest absolute Gasteiger partial charge is 0.457 e. The van der Waals surface area contributed by atoms with Gasteiger partial charge < -0.3 is 9.47 Å². The molecular formula is C30H23ClN2O7. The Kier molecular flexibility index (Phi) is 6.38. The molecular weight excluding hydrogens is 536 g/mol. The molecule has 10 heteroatoms. The minimum absolute atomic E-state index is 0.0192. The van der Waals surface area contributed by atoms with Crippen molar-refractivity contribution in [2.24, 2.45) is 23.7 Å². The molecule has 0 N–H and O–H groups in total. The highest BCUT2D eigenvalue weighted by Crippen LogP contribution is 2.55. The van der Waals surface area contributed by atoms with Crippen LogP contribution in [0.1, 0.15) is 29.3 Å². The minimum atomic E-state index is -0.574. The summed E-state index contributed by atoms with van der Waals surface area (Å²) in [6.07, 6.45) is 3.00. The Morgan fingerprint density at radius 3 is 2.42 bits per heavy atom. The fourth-order valence-corrected chi connectivity index (χ4v) is 6.23. The van der Waals surface area contributed by atoms with Gasteiger partial charge in [-0.1, -0.05) is 41.4 Å². The first kappa shape index (κ1) is 25.8. The van der Waals surface area contributed by atoms with Gasteiger partial charge in [0, 0.05) is 6.07 Å². The molecule has 2 bridgehead atoms. The number of halogens is 1. The molecule has 40 heavy (non-hydrogen) atoms. The van der Waals surface area contributed by atoms with Gasteiger partial charge in [-0.05, 0) is 73.2 Å². The van der Waals surface area contributed by atoms with E-state index >= 15 is 0 Å². The van der Waals surface area contributed by atoms with Crippen LogP contribution in [0.3, 0.4) is 0 Å². The molecule has 1 heterocycles. The lowest BCUT2D eigenvalue weighted by Gasteiger charge is -2.19. The van der Waals surface area contributed by atoms with E-state index in [1.54, 1.807) is 36.4 Å². The number of carbonyl (C=O) groups is 3. The first-order chi connectivity index (χ1) is 19.2. The van der Waals surface area contributed by atoms with Crippen LogP contribution in [0.4, 0.5) is 11.4 Å². The molecule has 6 rings (SSSR count). The normalized spacial score (nSPS) is 22.8. The molecule has 3 aliphatic rings. The molecule has 0 spiro atoms. The van der Waals surface area contributed by atoms with E-state index in [1.165, 1.54) is 40.8 Å². The van der Waals surface area contributed by atoms with Crippen molar-refractivity contribution in [3.8, 4) is 11.5 Å². The summed E-state index contributed by atoms with van der Waals surface area (Å²) >= 11 is 6.07. The van der Waals surface area contributed by atoms with E-state index in [-0.39, 0.29) is 64.1 Å². The fraction of sp³-hybridized carbons (Fsp3) is 0.233. The molecule has 0 aromatic heterocycles. The number of anilines is 1. The number of imide groups is 1. The van der Waals surface area contributed by atoms with Crippen LogP contribution in [-0.2, 0) is 20.9 Å². The van der Waals surface area contributed by atoms with Crippen molar-refractivity contribution in [2.75, 3.05) is 4.90 Å². The zero-order valence-corrected chi connectivity index (χ0v) is 22.0. The maximum atomic E-state index is 13.1. The Bertz CT molecular complexity index is 1580. The third kappa shape index (κ3) is 4.32. The maximum Gasteiger partial charge on any atom is 0.338 e. The average Bonchev–Trinajstić information content (AvgIpc) is 3.59. The predicted octanol–water partition coefficient (Wildman–Crippen LogP) is 6.10. The van der Waals surface area contributed by atoms with Gasteiger partial charge in [0.2, 0.25) is 17.6 Å². The number of nitrogens with zero attached hydrogens (tertiary/aromatic N) is 2. The summed E-state index contributed by atoms with van der Waals surface area (Å²) in [6.45, 7) is 2.01. The monoisotopic (exact) mass is 558 g/mol. The molecule has 1 aliphatic heterocycles. The molecule has 2 aliphatic carbocycles. The molecule has 3 aromatic rings. The van der Waals surface area contributed by atoms with Gasteiger partial charge in [-0.3, -0.25) is 24.6 Å². The number of hydrogen-bond donors (Lipinski definition) is 0. The summed E-state index contributed by atoms with van der Waals surface area (Å²) in [4.78, 5) is 50.8. The third-order valence-electron chi connectivity index (χ3n) is 7.90. The van der Waals surface area contributed by atoms with Crippen LogP contribution in [0.15, 0.2) is 78.4 Å². The number of carbonyl (C=O) groups excluding carboxylic acids is 3. The maximum absolute atomic E-state index is 13.1. The lowest BCUT2D eigenvalue weighted by molar-refractivity contribution is -0.385. The number of rotatable bonds is 7. The van der Waals surface area contributed by atoms with Crippen molar-refractivity contribution < 1.29 is 28.8 Å². The predicted molar refractivity (Wildman–Crippen MR) is 145 cm³/mol. The molecule has 202 valence electrons. The topological polar surface area (TPSA) is 116 Å². The highest BCUT2D eigenvalue weighted by molar-refractivity contribution is 6.32. The van der Waals surface area contributed by atoms with Gasteiger partial charge in [-0.15, -0.1) is 0 Å². The Hall–Kier alpha value is -4.50. The Balaban J connectivity index is 1.07. The SMILES string of the molecule is CC1=C[C@H]2C[C@@H]1[C@H]1C(=O)N(c3ccc(C(=O)OCc4ccc(Oc5c(Cl)cccc5[N+](=O)[O-])cc4)cc3)C(=O)[C@@H]12. The van der Waals surface area contributed by atoms with E-state index < -0.39 is 10.9 Å². The van der Waals surface area contributed by atoms with Crippen molar-refractivity contribution in [1.82, 2.24) is 0 Å². The molecule has 1 saturated heterocycles. The minimum Gasteiger partial charge on any atom is -0.457 e. The van der Waals surface area contributed by atoms with E-state index in [4.69, 9.17) is 21.1 Å². The fourth-order valence-electron chi connectivity index (χ4n) is 6.02. The molecule has 2 amide bonds. The number of nitro groups is 1. The van der Waals surface area contributed by atoms with Crippen LogP contribution in [0.25, 0.3) is 0 Å². The second-order valence-corrected chi connectivity index (χ2v) is 10.6. The van der Waals surface area contributed by atoms with Gasteiger partial charge in [0.15, 0.2) is 0 Å². The quantitative estimate of drug-likeness (QED) is 0.113. The summed E-state index contributed by atoms with van der Waals surface area (Å²) in [5, 5.41) is 11.4. The highest BCUT2D eigenvalue weighted by Gasteiger charge is 2.60. The molecule has 1 saturated carbocycles. The number of fused-ring (bicyclic) bond motifs is 5. The van der Waals surface area contributed by atoms with Crippen LogP contribution in [0.2, 0.25) is 5.02 Å². The number of ether oxygens (including phenoxy) is 2. The van der Waals surface area contributed by atoms with Crippen LogP contribution in [-0.4, -0.2) is 22.7 Å². The summed E-state index contributed by atoms with van der Waals surface area (Å²) < 4.78 is 11.0. The highest BCUT2D eigenvalue weighted by atomic mass is 35.5. The van der Waals surface area contributed by atoms with Crippen LogP contribution in [0.5, 0.6) is 11.5 Å². The van der Waals surface area contributed by atoms with Gasteiger partial charge in [0.05, 0.1) is 33.0 Å². The number of benzene rings is 3. The number of nitro benzene ring substituents is 1. The van der Waals surface area contributed by atoms with Gasteiger partial charge in [-0.25, -0.2) is 4.79 Å². The van der Waals surface area contributed by atoms with Crippen molar-refractivity contribution in [3.05, 3.63) is 105 Å². The number of amides is 2. The third-order valence-corrected chi connectivity index (χ3v) is 8.20. The van der Waals surface area contributed by atoms with Crippen molar-refractivity contribution in [2.45, 2.75) is 20.0 Å². The zero-order chi connectivity index (χ0) is 28.1. The smallest absolute Gasteiger partial charge is 0.338 e. The zero-order valence-electron chi connectivity index (χ0n) is 21.3. The van der Waals surface area contributed by atoms with Gasteiger partial charge in [0.1, 0.15) is 12.4 Å². The second kappa shape index (κ2) is 9.91. The number of hydrogen-bond acceptors (Lipinski definition) is 7. The van der Waals surface area contributed by atoms with E-state index in [2.05, 4.69) is 6.08 Å². The first-order valence-electron chi connectivity index (χ1n) is 12.8. The summed E-state index contributed by atoms with van der Waals surface area (Å²) in [7, 11) is 0. The van der Waals surface area contributed by atoms with Crippen LogP contribution < -0.4 is 9.64 Å². The van der Waals surface area contributed by atoms with Crippen LogP contribution >= 0.6 is 11.6 Å². The van der Waals surface area contributed by atoms with E-state index in [9.17, 15) is 24.5 Å². The number of esters is 1. The molecule has 0 unspecified atom stereocenters. The average molecular weight is 559 g/mol. The van der Waals surface area contributed by atoms with Crippen molar-refractivity contribution in [3.63, 3.8) is 0 Å². The number of para-hydroxylation sites is 1. The van der Waals surface area contributed by atoms with E-state index in [0.717, 1.165) is 6.42 Å². The first-order valence-corrected chi connectivity index (χ1v) is 13.1. The van der Waals surface area contributed by atoms with Crippen molar-refractivity contribution in [1.29, 1.82) is 0 Å². The Morgan fingerprint density at radius 2 is 1.73 bits per heavy atom. The van der Waals surface area contributed by atoms with Crippen LogP contribution in [0, 0.1) is 33.8 Å². The lowest BCUT2D eigenvalue weighted by Crippen LogP contribution is -2.32. The van der Waals surface area contributed by atoms with Gasteiger partial charge in [-0.2, -0.15) is 0 Å². The van der Waals surface area contributed by atoms with Gasteiger partial charge >= 0.3 is 11.7 Å². The second-order valence-electron chi connectivity index (χ2n) is 10.2. The lowest BCUT2D eigenvalue weighted by atomic mass is 9.82. The Labute approximate surface area is 234 Å². The molecule has 2 fully saturated rings. The molecule has 3 aromatic carbocycles. The molecule has 0 radical (unpaired) electrons. The summed E-state index contributed by atoms with van der Waals surface area (Å²) in [5.74, 6) is -0.937. The summed E-state index contributed by atoms with van der Waals surface area (Å²) in [6, 6.07) is 17.0. The molecule has 9 nitrogen and oxygen atoms in total. The summed E-state index contributed by atoms with van der Waals surface area (Å²) in [5.41, 5.74) is 2.35. The Morgan fingerprint density at radius 1 is 1.02 bits per heavy atom.